The predicted molar refractivity (Wildman–Crippen MR) is 49.3 cm³/mol. The second kappa shape index (κ2) is 2.91. The average molecular weight is 336 g/mol. The first kappa shape index (κ1) is 7.24. The molecule has 0 saturated heterocycles. The minimum atomic E-state index is 1.34. The Labute approximate surface area is 81.1 Å². The van der Waals surface area contributed by atoms with Crippen LogP contribution in [0.4, 0.5) is 0 Å². The van der Waals surface area contributed by atoms with Gasteiger partial charge in [0, 0.05) is 0 Å². The summed E-state index contributed by atoms with van der Waals surface area (Å²) in [6, 6.07) is 15.0. The van der Waals surface area contributed by atoms with E-state index in [1.54, 1.807) is 0 Å². The molecule has 0 heterocycles. The van der Waals surface area contributed by atoms with Crippen LogP contribution in [0.5, 0.6) is 0 Å². The van der Waals surface area contributed by atoms with E-state index in [0.29, 0.717) is 0 Å². The van der Waals surface area contributed by atoms with Crippen molar-refractivity contribution in [3.05, 3.63) is 42.5 Å². The van der Waals surface area contributed by atoms with Gasteiger partial charge in [0.2, 0.25) is 0 Å². The Morgan fingerprint density at radius 3 is 2.36 bits per heavy atom. The van der Waals surface area contributed by atoms with Gasteiger partial charge in [-0.05, 0) is 0 Å². The first-order chi connectivity index (χ1) is 5.38. The van der Waals surface area contributed by atoms with E-state index in [0.717, 1.165) is 0 Å². The van der Waals surface area contributed by atoms with Gasteiger partial charge < -0.3 is 0 Å². The zero-order valence-corrected chi connectivity index (χ0v) is 9.47. The van der Waals surface area contributed by atoms with Crippen molar-refractivity contribution < 1.29 is 0 Å². The van der Waals surface area contributed by atoms with Crippen molar-refractivity contribution in [3.8, 4) is 0 Å². The Bertz CT molecular complexity index is 374. The Morgan fingerprint density at radius 2 is 1.55 bits per heavy atom. The van der Waals surface area contributed by atoms with Gasteiger partial charge in [-0.3, -0.25) is 0 Å². The third-order valence-electron chi connectivity index (χ3n) is 1.77. The van der Waals surface area contributed by atoms with Crippen LogP contribution < -0.4 is 3.27 Å². The number of fused-ring (bicyclic) bond motifs is 1. The van der Waals surface area contributed by atoms with E-state index in [2.05, 4.69) is 42.5 Å². The average Bonchev–Trinajstić information content (AvgIpc) is 2.06. The Hall–Kier alpha value is -0.417. The van der Waals surface area contributed by atoms with Crippen molar-refractivity contribution in [2.24, 2.45) is 0 Å². The van der Waals surface area contributed by atoms with Crippen LogP contribution in [0, 0.1) is 0 Å². The molecule has 0 fully saturated rings. The molecule has 0 aliphatic rings. The molecular formula is C10H7Bi+2. The zero-order valence-electron chi connectivity index (χ0n) is 5.99. The third kappa shape index (κ3) is 1.30. The zero-order chi connectivity index (χ0) is 7.68. The molecule has 0 nitrogen and oxygen atoms in total. The molecule has 2 aromatic rings. The van der Waals surface area contributed by atoms with Gasteiger partial charge in [0.05, 0.1) is 0 Å². The van der Waals surface area contributed by atoms with Crippen molar-refractivity contribution in [1.29, 1.82) is 0 Å². The summed E-state index contributed by atoms with van der Waals surface area (Å²) in [5.74, 6) is 0. The molecular weight excluding hydrogens is 329 g/mol. The monoisotopic (exact) mass is 336 g/mol. The van der Waals surface area contributed by atoms with E-state index in [1.807, 2.05) is 0 Å². The fourth-order valence-electron chi connectivity index (χ4n) is 1.21. The topological polar surface area (TPSA) is 0 Å². The molecule has 0 saturated carbocycles. The standard InChI is InChI=1S/C10H7.Bi/c1-2-6-10-8-4-3-7-9(10)5-1;/h1-7H;/q;+2. The molecule has 2 rings (SSSR count). The normalized spacial score (nSPS) is 10.2. The summed E-state index contributed by atoms with van der Waals surface area (Å²) in [5.41, 5.74) is 0. The van der Waals surface area contributed by atoms with Crippen LogP contribution in [0.1, 0.15) is 0 Å². The summed E-state index contributed by atoms with van der Waals surface area (Å²) < 4.78 is 1.46. The molecule has 0 atom stereocenters. The Kier molecular flexibility index (Phi) is 1.91. The molecule has 0 unspecified atom stereocenters. The molecule has 0 amide bonds. The molecule has 50 valence electrons. The summed E-state index contributed by atoms with van der Waals surface area (Å²) in [6.07, 6.45) is 0. The second-order valence-electron chi connectivity index (χ2n) is 2.50. The van der Waals surface area contributed by atoms with Gasteiger partial charge in [-0.2, -0.15) is 0 Å². The van der Waals surface area contributed by atoms with Crippen LogP contribution in [0.3, 0.4) is 0 Å². The minimum absolute atomic E-state index is 1.34. The molecule has 11 heavy (non-hydrogen) atoms. The molecule has 0 spiro atoms. The van der Waals surface area contributed by atoms with E-state index in [-0.39, 0.29) is 0 Å². The van der Waals surface area contributed by atoms with Gasteiger partial charge in [0.1, 0.15) is 0 Å². The SMILES string of the molecule is [Bi+2][c]1cccc2ccccc12. The van der Waals surface area contributed by atoms with E-state index in [9.17, 15) is 0 Å². The third-order valence-corrected chi connectivity index (χ3v) is 3.28. The van der Waals surface area contributed by atoms with Gasteiger partial charge in [0.25, 0.3) is 0 Å². The first-order valence-corrected chi connectivity index (χ1v) is 5.28. The van der Waals surface area contributed by atoms with Crippen molar-refractivity contribution in [1.82, 2.24) is 0 Å². The van der Waals surface area contributed by atoms with E-state index in [1.165, 1.54) is 38.8 Å². The Balaban J connectivity index is 2.91. The molecule has 0 aliphatic heterocycles. The molecule has 0 aliphatic carbocycles. The number of hydrogen-bond donors (Lipinski definition) is 0. The van der Waals surface area contributed by atoms with Crippen LogP contribution in [0.2, 0.25) is 0 Å². The quantitative estimate of drug-likeness (QED) is 0.642. The summed E-state index contributed by atoms with van der Waals surface area (Å²) in [7, 11) is 0. The van der Waals surface area contributed by atoms with E-state index >= 15 is 0 Å². The fourth-order valence-corrected chi connectivity index (χ4v) is 2.33. The van der Waals surface area contributed by atoms with E-state index < -0.39 is 0 Å². The summed E-state index contributed by atoms with van der Waals surface area (Å²) in [5, 5.41) is 2.76. The van der Waals surface area contributed by atoms with Crippen LogP contribution in [-0.2, 0) is 0 Å². The first-order valence-electron chi connectivity index (χ1n) is 3.54. The van der Waals surface area contributed by atoms with Crippen molar-refractivity contribution in [2.75, 3.05) is 0 Å². The maximum atomic E-state index is 2.19. The number of benzene rings is 2. The molecule has 0 N–H and O–H groups in total. The van der Waals surface area contributed by atoms with Crippen molar-refractivity contribution in [3.63, 3.8) is 0 Å². The van der Waals surface area contributed by atoms with Gasteiger partial charge in [-0.25, -0.2) is 0 Å². The second-order valence-corrected chi connectivity index (χ2v) is 4.37. The van der Waals surface area contributed by atoms with Crippen LogP contribution in [-0.4, -0.2) is 24.7 Å². The molecule has 2 radical (unpaired) electrons. The van der Waals surface area contributed by atoms with Gasteiger partial charge in [0.15, 0.2) is 0 Å². The summed E-state index contributed by atoms with van der Waals surface area (Å²) in [4.78, 5) is 0. The summed E-state index contributed by atoms with van der Waals surface area (Å²) >= 11 is 1.34. The van der Waals surface area contributed by atoms with Crippen molar-refractivity contribution in [2.45, 2.75) is 0 Å². The van der Waals surface area contributed by atoms with E-state index in [4.69, 9.17) is 0 Å². The summed E-state index contributed by atoms with van der Waals surface area (Å²) in [6.45, 7) is 0. The van der Waals surface area contributed by atoms with Crippen LogP contribution in [0.25, 0.3) is 10.8 Å². The molecule has 0 bridgehead atoms. The van der Waals surface area contributed by atoms with Gasteiger partial charge in [-0.1, -0.05) is 0 Å². The molecule has 0 aromatic heterocycles. The van der Waals surface area contributed by atoms with Gasteiger partial charge >= 0.3 is 81.2 Å². The molecule has 2 aromatic carbocycles. The van der Waals surface area contributed by atoms with Gasteiger partial charge in [-0.15, -0.1) is 0 Å². The fraction of sp³-hybridized carbons (Fsp3) is 0. The van der Waals surface area contributed by atoms with Crippen LogP contribution >= 0.6 is 0 Å². The Morgan fingerprint density at radius 1 is 0.818 bits per heavy atom. The maximum absolute atomic E-state index is 2.19. The number of hydrogen-bond acceptors (Lipinski definition) is 0. The molecule has 1 heteroatoms. The van der Waals surface area contributed by atoms with Crippen molar-refractivity contribution >= 4 is 38.8 Å². The van der Waals surface area contributed by atoms with Crippen LogP contribution in [0.15, 0.2) is 42.5 Å². The number of rotatable bonds is 0. The predicted octanol–water partition coefficient (Wildman–Crippen LogP) is 1.63.